The number of nitro groups is 1. The van der Waals surface area contributed by atoms with E-state index >= 15 is 0 Å². The first-order chi connectivity index (χ1) is 11.9. The number of aromatic nitrogens is 1. The molecule has 0 atom stereocenters. The number of halogens is 1. The number of pyridine rings is 1. The predicted octanol–water partition coefficient (Wildman–Crippen LogP) is 1.59. The topological polar surface area (TPSA) is 126 Å². The van der Waals surface area contributed by atoms with Crippen LogP contribution in [0.1, 0.15) is 20.7 Å². The molecule has 0 aliphatic heterocycles. The SMILES string of the molecule is O=C(NNC(=S)NC(=O)c1cc([N+](=O)[O-])ccc1Cl)c1ccncc1. The molecule has 128 valence electrons. The van der Waals surface area contributed by atoms with Crippen molar-refractivity contribution in [3.8, 4) is 0 Å². The highest BCUT2D eigenvalue weighted by molar-refractivity contribution is 7.80. The zero-order valence-electron chi connectivity index (χ0n) is 12.4. The molecule has 1 heterocycles. The fourth-order valence-corrected chi connectivity index (χ4v) is 2.04. The van der Waals surface area contributed by atoms with Gasteiger partial charge in [-0.1, -0.05) is 11.6 Å². The Morgan fingerprint density at radius 1 is 1.12 bits per heavy atom. The average molecular weight is 380 g/mol. The lowest BCUT2D eigenvalue weighted by atomic mass is 10.2. The van der Waals surface area contributed by atoms with Crippen molar-refractivity contribution in [2.45, 2.75) is 0 Å². The summed E-state index contributed by atoms with van der Waals surface area (Å²) in [6.45, 7) is 0. The Balaban J connectivity index is 1.96. The second-order valence-electron chi connectivity index (χ2n) is 4.52. The minimum absolute atomic E-state index is 0.0201. The van der Waals surface area contributed by atoms with Gasteiger partial charge in [0, 0.05) is 30.1 Å². The van der Waals surface area contributed by atoms with Gasteiger partial charge in [0.25, 0.3) is 17.5 Å². The van der Waals surface area contributed by atoms with Crippen LogP contribution in [-0.2, 0) is 0 Å². The van der Waals surface area contributed by atoms with E-state index in [-0.39, 0.29) is 21.4 Å². The summed E-state index contributed by atoms with van der Waals surface area (Å²) in [5.41, 5.74) is 4.54. The van der Waals surface area contributed by atoms with Crippen LogP contribution in [0.3, 0.4) is 0 Å². The van der Waals surface area contributed by atoms with Gasteiger partial charge in [-0.2, -0.15) is 0 Å². The van der Waals surface area contributed by atoms with Crippen molar-refractivity contribution >= 4 is 46.4 Å². The third kappa shape index (κ3) is 4.93. The number of nitrogens with zero attached hydrogens (tertiary/aromatic N) is 2. The van der Waals surface area contributed by atoms with Crippen molar-refractivity contribution in [3.63, 3.8) is 0 Å². The van der Waals surface area contributed by atoms with Crippen molar-refractivity contribution in [1.82, 2.24) is 21.2 Å². The Labute approximate surface area is 151 Å². The van der Waals surface area contributed by atoms with Gasteiger partial charge >= 0.3 is 0 Å². The Morgan fingerprint density at radius 3 is 2.44 bits per heavy atom. The number of nitro benzene ring substituents is 1. The van der Waals surface area contributed by atoms with Gasteiger partial charge < -0.3 is 0 Å². The van der Waals surface area contributed by atoms with Crippen LogP contribution in [0.5, 0.6) is 0 Å². The molecule has 1 aromatic heterocycles. The Morgan fingerprint density at radius 2 is 1.80 bits per heavy atom. The highest BCUT2D eigenvalue weighted by Gasteiger charge is 2.17. The van der Waals surface area contributed by atoms with Gasteiger partial charge in [0.2, 0.25) is 0 Å². The minimum atomic E-state index is -0.760. The smallest absolute Gasteiger partial charge is 0.270 e. The molecule has 25 heavy (non-hydrogen) atoms. The number of non-ortho nitro benzene ring substituents is 1. The third-order valence-corrected chi connectivity index (χ3v) is 3.40. The van der Waals surface area contributed by atoms with Crippen molar-refractivity contribution in [2.75, 3.05) is 0 Å². The molecule has 2 amide bonds. The lowest BCUT2D eigenvalue weighted by Crippen LogP contribution is -2.48. The van der Waals surface area contributed by atoms with E-state index < -0.39 is 16.7 Å². The first-order valence-electron chi connectivity index (χ1n) is 6.64. The Kier molecular flexibility index (Phi) is 5.93. The second kappa shape index (κ2) is 8.13. The zero-order valence-corrected chi connectivity index (χ0v) is 13.9. The number of nitrogens with one attached hydrogen (secondary N) is 3. The number of carbonyl (C=O) groups excluding carboxylic acids is 2. The molecular formula is C14H10ClN5O4S. The highest BCUT2D eigenvalue weighted by atomic mass is 35.5. The predicted molar refractivity (Wildman–Crippen MR) is 93.0 cm³/mol. The van der Waals surface area contributed by atoms with Crippen LogP contribution in [-0.4, -0.2) is 26.8 Å². The van der Waals surface area contributed by atoms with Crippen molar-refractivity contribution in [3.05, 3.63) is 69.0 Å². The molecule has 9 nitrogen and oxygen atoms in total. The van der Waals surface area contributed by atoms with Gasteiger partial charge in [0.15, 0.2) is 5.11 Å². The number of rotatable bonds is 3. The van der Waals surface area contributed by atoms with Gasteiger partial charge in [-0.15, -0.1) is 0 Å². The lowest BCUT2D eigenvalue weighted by Gasteiger charge is -2.11. The fourth-order valence-electron chi connectivity index (χ4n) is 1.69. The van der Waals surface area contributed by atoms with Crippen molar-refractivity contribution in [1.29, 1.82) is 0 Å². The summed E-state index contributed by atoms with van der Waals surface area (Å²) in [6, 6.07) is 6.40. The zero-order chi connectivity index (χ0) is 18.4. The number of hydrogen-bond donors (Lipinski definition) is 3. The molecule has 0 radical (unpaired) electrons. The first-order valence-corrected chi connectivity index (χ1v) is 7.42. The van der Waals surface area contributed by atoms with Crippen LogP contribution in [0.4, 0.5) is 5.69 Å². The molecule has 2 aromatic rings. The number of thiocarbonyl (C=S) groups is 1. The van der Waals surface area contributed by atoms with Crippen LogP contribution >= 0.6 is 23.8 Å². The number of carbonyl (C=O) groups is 2. The molecule has 3 N–H and O–H groups in total. The molecule has 0 saturated heterocycles. The lowest BCUT2D eigenvalue weighted by molar-refractivity contribution is -0.384. The number of hydrogen-bond acceptors (Lipinski definition) is 6. The summed E-state index contributed by atoms with van der Waals surface area (Å²) in [7, 11) is 0. The maximum atomic E-state index is 12.1. The molecule has 11 heteroatoms. The van der Waals surface area contributed by atoms with E-state index in [1.165, 1.54) is 36.7 Å². The molecule has 0 saturated carbocycles. The van der Waals surface area contributed by atoms with Crippen LogP contribution in [0.25, 0.3) is 0 Å². The molecule has 0 aliphatic rings. The van der Waals surface area contributed by atoms with E-state index in [0.717, 1.165) is 6.07 Å². The molecule has 0 aliphatic carbocycles. The monoisotopic (exact) mass is 379 g/mol. The van der Waals surface area contributed by atoms with E-state index in [4.69, 9.17) is 23.8 Å². The molecule has 0 unspecified atom stereocenters. The normalized spacial score (nSPS) is 9.80. The summed E-state index contributed by atoms with van der Waals surface area (Å²) in [5.74, 6) is -1.25. The fraction of sp³-hybridized carbons (Fsp3) is 0. The number of benzene rings is 1. The van der Waals surface area contributed by atoms with Gasteiger partial charge in [-0.25, -0.2) is 0 Å². The van der Waals surface area contributed by atoms with Gasteiger partial charge in [0.05, 0.1) is 15.5 Å². The van der Waals surface area contributed by atoms with E-state index in [9.17, 15) is 19.7 Å². The molecule has 0 bridgehead atoms. The largest absolute Gasteiger partial charge is 0.298 e. The van der Waals surface area contributed by atoms with Gasteiger partial charge in [-0.3, -0.25) is 40.9 Å². The molecule has 0 spiro atoms. The van der Waals surface area contributed by atoms with E-state index in [0.29, 0.717) is 5.56 Å². The van der Waals surface area contributed by atoms with Crippen LogP contribution < -0.4 is 16.2 Å². The minimum Gasteiger partial charge on any atom is -0.298 e. The van der Waals surface area contributed by atoms with E-state index in [1.807, 2.05) is 0 Å². The molecule has 2 rings (SSSR count). The number of amides is 2. The van der Waals surface area contributed by atoms with Crippen LogP contribution in [0.15, 0.2) is 42.7 Å². The maximum Gasteiger partial charge on any atom is 0.270 e. The highest BCUT2D eigenvalue weighted by Crippen LogP contribution is 2.21. The van der Waals surface area contributed by atoms with Gasteiger partial charge in [-0.05, 0) is 30.4 Å². The molecular weight excluding hydrogens is 370 g/mol. The quantitative estimate of drug-likeness (QED) is 0.420. The summed E-state index contributed by atoms with van der Waals surface area (Å²) in [4.78, 5) is 37.8. The Bertz CT molecular complexity index is 846. The second-order valence-corrected chi connectivity index (χ2v) is 5.33. The average Bonchev–Trinajstić information content (AvgIpc) is 2.60. The summed E-state index contributed by atoms with van der Waals surface area (Å²) in [5, 5.41) is 12.8. The molecule has 1 aromatic carbocycles. The summed E-state index contributed by atoms with van der Waals surface area (Å²) in [6.07, 6.45) is 2.89. The maximum absolute atomic E-state index is 12.1. The Hall–Kier alpha value is -3.11. The number of hydrazine groups is 1. The first kappa shape index (κ1) is 18.2. The van der Waals surface area contributed by atoms with Crippen molar-refractivity contribution in [2.24, 2.45) is 0 Å². The van der Waals surface area contributed by atoms with E-state index in [1.54, 1.807) is 0 Å². The summed E-state index contributed by atoms with van der Waals surface area (Å²) >= 11 is 10.7. The third-order valence-electron chi connectivity index (χ3n) is 2.86. The van der Waals surface area contributed by atoms with Gasteiger partial charge in [0.1, 0.15) is 0 Å². The molecule has 0 fully saturated rings. The van der Waals surface area contributed by atoms with E-state index in [2.05, 4.69) is 21.2 Å². The summed E-state index contributed by atoms with van der Waals surface area (Å²) < 4.78 is 0. The van der Waals surface area contributed by atoms with Crippen LogP contribution in [0.2, 0.25) is 5.02 Å². The van der Waals surface area contributed by atoms with Crippen LogP contribution in [0, 0.1) is 10.1 Å². The van der Waals surface area contributed by atoms with Crippen molar-refractivity contribution < 1.29 is 14.5 Å². The standard InChI is InChI=1S/C14H10ClN5O4S/c15-11-2-1-9(20(23)24)7-10(11)13(22)17-14(25)19-18-12(21)8-3-5-16-6-4-8/h1-7H,(H,18,21)(H2,17,19,22,25).